The van der Waals surface area contributed by atoms with Gasteiger partial charge in [0.15, 0.2) is 0 Å². The predicted octanol–water partition coefficient (Wildman–Crippen LogP) is 3.41. The molecule has 6 nitrogen and oxygen atoms in total. The van der Waals surface area contributed by atoms with Crippen molar-refractivity contribution >= 4 is 27.6 Å². The summed E-state index contributed by atoms with van der Waals surface area (Å²) in [6, 6.07) is 13.3. The topological polar surface area (TPSA) is 86.7 Å². The molecular weight excluding hydrogens is 412 g/mol. The molecule has 2 aromatic rings. The first-order chi connectivity index (χ1) is 13.7. The molecule has 2 bridgehead atoms. The van der Waals surface area contributed by atoms with Gasteiger partial charge in [-0.3, -0.25) is 9.35 Å². The first-order valence-electron chi connectivity index (χ1n) is 9.53. The summed E-state index contributed by atoms with van der Waals surface area (Å²) in [6.45, 7) is 5.24. The Bertz CT molecular complexity index is 934. The number of hydrogen-bond donors (Lipinski definition) is 2. The van der Waals surface area contributed by atoms with Crippen molar-refractivity contribution in [2.24, 2.45) is 5.92 Å². The maximum absolute atomic E-state index is 12.1. The molecule has 2 fully saturated rings. The summed E-state index contributed by atoms with van der Waals surface area (Å²) in [5.41, 5.74) is 1.64. The van der Waals surface area contributed by atoms with Crippen LogP contribution >= 0.6 is 11.6 Å². The van der Waals surface area contributed by atoms with Gasteiger partial charge in [0.1, 0.15) is 0 Å². The normalized spacial score (nSPS) is 23.1. The van der Waals surface area contributed by atoms with Gasteiger partial charge in [-0.05, 0) is 68.6 Å². The number of carbonyl (C=O) groups is 1. The molecule has 2 N–H and O–H groups in total. The quantitative estimate of drug-likeness (QED) is 0.720. The zero-order valence-corrected chi connectivity index (χ0v) is 17.8. The van der Waals surface area contributed by atoms with Crippen molar-refractivity contribution < 1.29 is 17.8 Å². The minimum atomic E-state index is -4.02. The molecule has 2 saturated heterocycles. The van der Waals surface area contributed by atoms with Crippen LogP contribution in [0.25, 0.3) is 0 Å². The van der Waals surface area contributed by atoms with Gasteiger partial charge in [-0.25, -0.2) is 0 Å². The Labute approximate surface area is 176 Å². The molecule has 2 aromatic carbocycles. The van der Waals surface area contributed by atoms with Gasteiger partial charge in [-0.1, -0.05) is 29.3 Å². The van der Waals surface area contributed by atoms with Crippen LogP contribution in [0.2, 0.25) is 5.02 Å². The molecule has 3 atom stereocenters. The van der Waals surface area contributed by atoms with Crippen LogP contribution in [-0.4, -0.2) is 49.5 Å². The van der Waals surface area contributed by atoms with E-state index in [1.54, 1.807) is 36.4 Å². The Morgan fingerprint density at radius 3 is 2.34 bits per heavy atom. The van der Waals surface area contributed by atoms with Gasteiger partial charge in [0, 0.05) is 29.7 Å². The molecule has 1 unspecified atom stereocenters. The largest absolute Gasteiger partial charge is 0.348 e. The summed E-state index contributed by atoms with van der Waals surface area (Å²) < 4.78 is 29.6. The van der Waals surface area contributed by atoms with Gasteiger partial charge in [-0.15, -0.1) is 0 Å². The smallest absolute Gasteiger partial charge is 0.294 e. The molecule has 0 saturated carbocycles. The lowest BCUT2D eigenvalue weighted by atomic mass is 9.96. The molecule has 8 heteroatoms. The number of nitrogens with zero attached hydrogens (tertiary/aromatic N) is 1. The van der Waals surface area contributed by atoms with Crippen molar-refractivity contribution in [3.63, 3.8) is 0 Å². The summed E-state index contributed by atoms with van der Waals surface area (Å²) in [6.07, 6.45) is 2.41. The van der Waals surface area contributed by atoms with Gasteiger partial charge >= 0.3 is 0 Å². The number of halogens is 1. The molecular formula is C21H25ClN2O4S. The number of nitrogens with one attached hydrogen (secondary N) is 1. The van der Waals surface area contributed by atoms with E-state index < -0.39 is 10.1 Å². The van der Waals surface area contributed by atoms with Crippen LogP contribution in [0.3, 0.4) is 0 Å². The number of amides is 1. The van der Waals surface area contributed by atoms with Crippen LogP contribution in [0.5, 0.6) is 0 Å². The van der Waals surface area contributed by atoms with Crippen LogP contribution in [0.4, 0.5) is 0 Å². The lowest BCUT2D eigenvalue weighted by molar-refractivity contribution is 0.0909. The van der Waals surface area contributed by atoms with E-state index in [2.05, 4.69) is 10.2 Å². The molecule has 2 aliphatic heterocycles. The summed E-state index contributed by atoms with van der Waals surface area (Å²) in [5.74, 6) is 0.786. The van der Waals surface area contributed by atoms with Crippen LogP contribution in [0.15, 0.2) is 53.4 Å². The minimum Gasteiger partial charge on any atom is -0.348 e. The third-order valence-electron chi connectivity index (χ3n) is 5.23. The minimum absolute atomic E-state index is 0.0131. The Morgan fingerprint density at radius 2 is 1.76 bits per heavy atom. The summed E-state index contributed by atoms with van der Waals surface area (Å²) in [5, 5.41) is 3.79. The van der Waals surface area contributed by atoms with E-state index in [1.165, 1.54) is 31.6 Å². The molecule has 29 heavy (non-hydrogen) atoms. The highest BCUT2D eigenvalue weighted by atomic mass is 35.5. The third-order valence-corrected chi connectivity index (χ3v) is 6.35. The maximum Gasteiger partial charge on any atom is 0.294 e. The van der Waals surface area contributed by atoms with Crippen molar-refractivity contribution in [2.45, 2.75) is 30.7 Å². The first kappa shape index (κ1) is 21.8. The summed E-state index contributed by atoms with van der Waals surface area (Å²) >= 11 is 5.82. The Balaban J connectivity index is 0.000000188. The SMILES string of the molecule is Cc1ccc(S(=O)(=O)O)cc1.O=C(N[C@@H]1C[C@H]2CCN(C2)C1)c1ccc(Cl)cc1. The van der Waals surface area contributed by atoms with Gasteiger partial charge in [0.2, 0.25) is 0 Å². The third kappa shape index (κ3) is 6.27. The molecule has 0 radical (unpaired) electrons. The number of piperidine rings is 1. The van der Waals surface area contributed by atoms with E-state index in [0.29, 0.717) is 16.6 Å². The Kier molecular flexibility index (Phi) is 6.95. The van der Waals surface area contributed by atoms with Crippen LogP contribution in [0.1, 0.15) is 28.8 Å². The van der Waals surface area contributed by atoms with Gasteiger partial charge in [-0.2, -0.15) is 8.42 Å². The van der Waals surface area contributed by atoms with Crippen LogP contribution in [-0.2, 0) is 10.1 Å². The van der Waals surface area contributed by atoms with Gasteiger partial charge < -0.3 is 10.2 Å². The Morgan fingerprint density at radius 1 is 1.10 bits per heavy atom. The van der Waals surface area contributed by atoms with Crippen molar-refractivity contribution in [2.75, 3.05) is 19.6 Å². The van der Waals surface area contributed by atoms with E-state index in [0.717, 1.165) is 24.4 Å². The molecule has 2 heterocycles. The summed E-state index contributed by atoms with van der Waals surface area (Å²) in [4.78, 5) is 14.5. The zero-order chi connectivity index (χ0) is 21.0. The van der Waals surface area contributed by atoms with E-state index in [9.17, 15) is 13.2 Å². The average molecular weight is 437 g/mol. The molecule has 2 aliphatic rings. The lowest BCUT2D eigenvalue weighted by Crippen LogP contribution is -2.46. The molecule has 1 amide bonds. The zero-order valence-electron chi connectivity index (χ0n) is 16.2. The second kappa shape index (κ2) is 9.26. The molecule has 4 rings (SSSR count). The fourth-order valence-corrected chi connectivity index (χ4v) is 4.35. The van der Waals surface area contributed by atoms with E-state index in [4.69, 9.17) is 16.2 Å². The second-order valence-corrected chi connectivity index (χ2v) is 9.47. The molecule has 0 aliphatic carbocycles. The molecule has 0 spiro atoms. The summed E-state index contributed by atoms with van der Waals surface area (Å²) in [7, 11) is -4.02. The van der Waals surface area contributed by atoms with Crippen molar-refractivity contribution in [1.29, 1.82) is 0 Å². The van der Waals surface area contributed by atoms with Gasteiger partial charge in [0.25, 0.3) is 16.0 Å². The molecule has 0 aromatic heterocycles. The molecule has 156 valence electrons. The van der Waals surface area contributed by atoms with Crippen molar-refractivity contribution in [3.8, 4) is 0 Å². The number of hydrogen-bond acceptors (Lipinski definition) is 4. The number of carbonyl (C=O) groups excluding carboxylic acids is 1. The monoisotopic (exact) mass is 436 g/mol. The fourth-order valence-electron chi connectivity index (χ4n) is 3.74. The number of benzene rings is 2. The van der Waals surface area contributed by atoms with Gasteiger partial charge in [0.05, 0.1) is 4.90 Å². The first-order valence-corrected chi connectivity index (χ1v) is 11.4. The fraction of sp³-hybridized carbons (Fsp3) is 0.381. The van der Waals surface area contributed by atoms with Crippen molar-refractivity contribution in [1.82, 2.24) is 10.2 Å². The highest BCUT2D eigenvalue weighted by Crippen LogP contribution is 2.26. The van der Waals surface area contributed by atoms with E-state index in [-0.39, 0.29) is 10.8 Å². The number of aryl methyl sites for hydroxylation is 1. The maximum atomic E-state index is 12.1. The van der Waals surface area contributed by atoms with Crippen LogP contribution < -0.4 is 5.32 Å². The Hall–Kier alpha value is -1.93. The van der Waals surface area contributed by atoms with E-state index in [1.807, 2.05) is 6.92 Å². The van der Waals surface area contributed by atoms with E-state index >= 15 is 0 Å². The number of rotatable bonds is 3. The highest BCUT2D eigenvalue weighted by Gasteiger charge is 2.32. The standard InChI is InChI=1S/C14H17ClN2O.C7H8O3S/c15-12-3-1-11(2-4-12)14(18)16-13-7-10-5-6-17(8-10)9-13;1-6-2-4-7(5-3-6)11(8,9)10/h1-4,10,13H,5-9H2,(H,16,18);2-5H,1H3,(H,8,9,10)/t10-,13-;/m1./s1. The van der Waals surface area contributed by atoms with Crippen LogP contribution in [0, 0.1) is 12.8 Å². The highest BCUT2D eigenvalue weighted by molar-refractivity contribution is 7.85. The average Bonchev–Trinajstić information content (AvgIpc) is 3.00. The predicted molar refractivity (Wildman–Crippen MR) is 113 cm³/mol. The lowest BCUT2D eigenvalue weighted by Gasteiger charge is -2.30. The van der Waals surface area contributed by atoms with Crippen molar-refractivity contribution in [3.05, 3.63) is 64.7 Å². The second-order valence-electron chi connectivity index (χ2n) is 7.62. The number of fused-ring (bicyclic) bond motifs is 2.